The largest absolute Gasteiger partial charge is 0.497 e. The van der Waals surface area contributed by atoms with E-state index in [9.17, 15) is 9.59 Å². The van der Waals surface area contributed by atoms with Crippen molar-refractivity contribution in [2.45, 2.75) is 12.5 Å². The summed E-state index contributed by atoms with van der Waals surface area (Å²) in [6, 6.07) is 10.2. The first-order chi connectivity index (χ1) is 13.7. The van der Waals surface area contributed by atoms with Gasteiger partial charge in [0.1, 0.15) is 11.8 Å². The third kappa shape index (κ3) is 3.70. The molecular formula is C19H17ClN2O4. The summed E-state index contributed by atoms with van der Waals surface area (Å²) in [4.78, 5) is 28.8. The first-order valence-electron chi connectivity index (χ1n) is 9.21. The molecule has 1 N–H and O–H groups in total. The predicted octanol–water partition coefficient (Wildman–Crippen LogP) is 3.07. The van der Waals surface area contributed by atoms with Crippen LogP contribution in [0.2, 0.25) is 5.02 Å². The van der Waals surface area contributed by atoms with Gasteiger partial charge in [-0.25, -0.2) is 0 Å². The number of hydrogen-bond acceptors (Lipinski definition) is 5. The van der Waals surface area contributed by atoms with Crippen LogP contribution in [0.3, 0.4) is 0 Å². The van der Waals surface area contributed by atoms with E-state index in [2.05, 4.69) is 15.0 Å². The fraction of sp³-hybridized carbons (Fsp3) is 0.211. The quantitative estimate of drug-likeness (QED) is 0.833. The molecule has 0 saturated heterocycles. The van der Waals surface area contributed by atoms with Crippen LogP contribution in [-0.2, 0) is 14.3 Å². The van der Waals surface area contributed by atoms with Gasteiger partial charge in [0.25, 0.3) is 0 Å². The van der Waals surface area contributed by atoms with Gasteiger partial charge in [-0.3, -0.25) is 14.6 Å². The summed E-state index contributed by atoms with van der Waals surface area (Å²) < 4.78 is 31.5. The van der Waals surface area contributed by atoms with Crippen molar-refractivity contribution < 1.29 is 23.2 Å². The number of carbonyl (C=O) groups excluding carboxylic acids is 2. The van der Waals surface area contributed by atoms with Crippen molar-refractivity contribution in [3.63, 3.8) is 0 Å². The summed E-state index contributed by atoms with van der Waals surface area (Å²) >= 11 is 5.97. The Hall–Kier alpha value is -2.86. The van der Waals surface area contributed by atoms with Crippen LogP contribution in [0.15, 0.2) is 47.5 Å². The van der Waals surface area contributed by atoms with Crippen molar-refractivity contribution in [2.75, 3.05) is 19.5 Å². The van der Waals surface area contributed by atoms with Crippen molar-refractivity contribution in [3.05, 3.63) is 58.6 Å². The molecule has 1 amide bonds. The van der Waals surface area contributed by atoms with Crippen LogP contribution in [0.4, 0.5) is 5.69 Å². The number of carbonyl (C=O) groups is 2. The minimum Gasteiger partial charge on any atom is -0.497 e. The van der Waals surface area contributed by atoms with Crippen LogP contribution in [0.25, 0.3) is 0 Å². The number of anilines is 1. The van der Waals surface area contributed by atoms with E-state index in [1.54, 1.807) is 24.3 Å². The normalized spacial score (nSPS) is 18.2. The highest BCUT2D eigenvalue weighted by Crippen LogP contribution is 2.29. The molecule has 134 valence electrons. The average Bonchev–Trinajstić information content (AvgIpc) is 2.78. The summed E-state index contributed by atoms with van der Waals surface area (Å²) in [7, 11) is -1.40. The maximum Gasteiger partial charge on any atom is 0.308 e. The van der Waals surface area contributed by atoms with E-state index in [0.717, 1.165) is 0 Å². The highest BCUT2D eigenvalue weighted by Gasteiger charge is 2.28. The van der Waals surface area contributed by atoms with Crippen molar-refractivity contribution in [3.8, 4) is 5.75 Å². The molecule has 0 saturated carbocycles. The van der Waals surface area contributed by atoms with Gasteiger partial charge in [0.15, 0.2) is 0 Å². The summed E-state index contributed by atoms with van der Waals surface area (Å²) in [6.45, 7) is 0. The second-order valence-electron chi connectivity index (χ2n) is 5.58. The molecule has 1 heterocycles. The molecular weight excluding hydrogens is 356 g/mol. The van der Waals surface area contributed by atoms with Crippen LogP contribution in [-0.4, -0.2) is 37.8 Å². The van der Waals surface area contributed by atoms with Crippen molar-refractivity contribution in [2.24, 2.45) is 4.99 Å². The number of esters is 1. The maximum absolute atomic E-state index is 12.6. The number of benzodiazepines with no additional fused rings is 1. The fourth-order valence-corrected chi connectivity index (χ4v) is 2.74. The molecule has 2 aromatic carbocycles. The second kappa shape index (κ2) is 7.58. The number of nitrogens with zero attached hydrogens (tertiary/aromatic N) is 1. The molecule has 0 aromatic heterocycles. The van der Waals surface area contributed by atoms with Crippen molar-refractivity contribution in [1.29, 1.82) is 0 Å². The monoisotopic (exact) mass is 375 g/mol. The summed E-state index contributed by atoms with van der Waals surface area (Å²) in [5.41, 5.74) is 1.89. The molecule has 0 fully saturated rings. The molecule has 1 aliphatic rings. The summed E-state index contributed by atoms with van der Waals surface area (Å²) in [6.07, 6.45) is -0.244. The molecule has 26 heavy (non-hydrogen) atoms. The summed E-state index contributed by atoms with van der Waals surface area (Å²) in [5, 5.41) is 3.24. The zero-order chi connectivity index (χ0) is 21.2. The number of ether oxygens (including phenoxy) is 2. The van der Waals surface area contributed by atoms with Crippen LogP contribution >= 0.6 is 11.6 Å². The molecule has 1 atom stereocenters. The SMILES string of the molecule is [2H]C([2H])([2H])Oc1ccc2c(c1)C(c1ccc(Cl)cc1)=N[C@@H](CC(=O)OC)C(=O)N2. The molecule has 0 radical (unpaired) electrons. The Kier molecular flexibility index (Phi) is 4.17. The molecule has 0 unspecified atom stereocenters. The van der Waals surface area contributed by atoms with Crippen LogP contribution < -0.4 is 10.1 Å². The second-order valence-corrected chi connectivity index (χ2v) is 6.02. The topological polar surface area (TPSA) is 77.0 Å². The van der Waals surface area contributed by atoms with Crippen LogP contribution in [0.1, 0.15) is 21.7 Å². The van der Waals surface area contributed by atoms with Gasteiger partial charge in [-0.05, 0) is 30.3 Å². The third-order valence-electron chi connectivity index (χ3n) is 3.91. The Morgan fingerprint density at radius 3 is 2.77 bits per heavy atom. The average molecular weight is 376 g/mol. The zero-order valence-electron chi connectivity index (χ0n) is 16.8. The van der Waals surface area contributed by atoms with Gasteiger partial charge in [-0.1, -0.05) is 23.7 Å². The first kappa shape index (κ1) is 14.3. The number of amides is 1. The number of aliphatic imine (C=N–C) groups is 1. The van der Waals surface area contributed by atoms with E-state index >= 15 is 0 Å². The molecule has 0 spiro atoms. The van der Waals surface area contributed by atoms with Gasteiger partial charge in [-0.15, -0.1) is 0 Å². The number of rotatable bonds is 4. The Balaban J connectivity index is 2.13. The zero-order valence-corrected chi connectivity index (χ0v) is 14.5. The van der Waals surface area contributed by atoms with Crippen molar-refractivity contribution >= 4 is 34.9 Å². The predicted molar refractivity (Wildman–Crippen MR) is 99.1 cm³/mol. The third-order valence-corrected chi connectivity index (χ3v) is 4.17. The number of hydrogen-bond donors (Lipinski definition) is 1. The van der Waals surface area contributed by atoms with Gasteiger partial charge in [0, 0.05) is 16.1 Å². The van der Waals surface area contributed by atoms with E-state index in [0.29, 0.717) is 27.5 Å². The smallest absolute Gasteiger partial charge is 0.308 e. The number of nitrogens with one attached hydrogen (secondary N) is 1. The summed E-state index contributed by atoms with van der Waals surface area (Å²) in [5.74, 6) is -0.974. The Morgan fingerprint density at radius 1 is 1.31 bits per heavy atom. The molecule has 6 nitrogen and oxygen atoms in total. The lowest BCUT2D eigenvalue weighted by atomic mass is 10.00. The van der Waals surface area contributed by atoms with E-state index < -0.39 is 25.0 Å². The molecule has 0 aliphatic carbocycles. The number of halogens is 1. The van der Waals surface area contributed by atoms with E-state index in [1.165, 1.54) is 25.3 Å². The highest BCUT2D eigenvalue weighted by molar-refractivity contribution is 6.30. The fourth-order valence-electron chi connectivity index (χ4n) is 2.61. The van der Waals surface area contributed by atoms with E-state index in [-0.39, 0.29) is 12.2 Å². The van der Waals surface area contributed by atoms with Gasteiger partial charge in [-0.2, -0.15) is 0 Å². The van der Waals surface area contributed by atoms with Crippen molar-refractivity contribution in [1.82, 2.24) is 0 Å². The molecule has 7 heteroatoms. The molecule has 1 aliphatic heterocycles. The van der Waals surface area contributed by atoms with Crippen LogP contribution in [0, 0.1) is 0 Å². The lowest BCUT2D eigenvalue weighted by Crippen LogP contribution is -2.28. The highest BCUT2D eigenvalue weighted by atomic mass is 35.5. The number of benzene rings is 2. The first-order valence-corrected chi connectivity index (χ1v) is 8.09. The molecule has 3 rings (SSSR count). The van der Waals surface area contributed by atoms with Gasteiger partial charge in [0.2, 0.25) is 5.91 Å². The van der Waals surface area contributed by atoms with E-state index in [1.807, 2.05) is 0 Å². The maximum atomic E-state index is 12.6. The lowest BCUT2D eigenvalue weighted by Gasteiger charge is -2.11. The number of methoxy groups -OCH3 is 2. The molecule has 0 bridgehead atoms. The van der Waals surface area contributed by atoms with Gasteiger partial charge in [0.05, 0.1) is 36.1 Å². The minimum absolute atomic E-state index is 0.0890. The molecule has 2 aromatic rings. The number of fused-ring (bicyclic) bond motifs is 1. The standard InChI is InChI=1S/C19H17ClN2O4/c1-25-13-7-8-15-14(9-13)18(11-3-5-12(20)6-4-11)21-16(19(24)22-15)10-17(23)26-2/h3-9,16H,10H2,1-2H3,(H,22,24)/t16-/m0/s1/i1D3. The van der Waals surface area contributed by atoms with Crippen LogP contribution in [0.5, 0.6) is 5.75 Å². The lowest BCUT2D eigenvalue weighted by molar-refractivity contribution is -0.142. The Morgan fingerprint density at radius 2 is 2.08 bits per heavy atom. The Labute approximate surface area is 160 Å². The Bertz CT molecular complexity index is 974. The van der Waals surface area contributed by atoms with E-state index in [4.69, 9.17) is 20.5 Å². The van der Waals surface area contributed by atoms with Gasteiger partial charge >= 0.3 is 5.97 Å². The van der Waals surface area contributed by atoms with Gasteiger partial charge < -0.3 is 14.8 Å². The minimum atomic E-state index is -2.63.